The van der Waals surface area contributed by atoms with Gasteiger partial charge < -0.3 is 5.32 Å². The van der Waals surface area contributed by atoms with Crippen molar-refractivity contribution in [2.45, 2.75) is 11.8 Å². The summed E-state index contributed by atoms with van der Waals surface area (Å²) < 4.78 is 23.4. The molecule has 0 aliphatic rings. The van der Waals surface area contributed by atoms with E-state index in [2.05, 4.69) is 11.9 Å². The van der Waals surface area contributed by atoms with Gasteiger partial charge in [-0.3, -0.25) is 4.79 Å². The van der Waals surface area contributed by atoms with Crippen LogP contribution in [0.25, 0.3) is 0 Å². The van der Waals surface area contributed by atoms with Gasteiger partial charge in [0.2, 0.25) is 5.91 Å². The van der Waals surface area contributed by atoms with Gasteiger partial charge in [0.1, 0.15) is 0 Å². The van der Waals surface area contributed by atoms with Gasteiger partial charge in [-0.15, -0.1) is 0 Å². The molecular weight excluding hydrogens is 226 g/mol. The Bertz CT molecular complexity index is 506. The van der Waals surface area contributed by atoms with Gasteiger partial charge in [0.15, 0.2) is 9.84 Å². The zero-order valence-electron chi connectivity index (χ0n) is 8.93. The van der Waals surface area contributed by atoms with E-state index >= 15 is 0 Å². The number of rotatable bonds is 4. The largest absolute Gasteiger partial charge is 0.321 e. The van der Waals surface area contributed by atoms with E-state index in [-0.39, 0.29) is 16.3 Å². The Hall–Kier alpha value is -1.62. The van der Waals surface area contributed by atoms with Crippen molar-refractivity contribution >= 4 is 21.4 Å². The highest BCUT2D eigenvalue weighted by Crippen LogP contribution is 2.21. The zero-order chi connectivity index (χ0) is 12.2. The van der Waals surface area contributed by atoms with Crippen molar-refractivity contribution in [3.8, 4) is 0 Å². The van der Waals surface area contributed by atoms with Crippen LogP contribution >= 0.6 is 0 Å². The predicted molar refractivity (Wildman–Crippen MR) is 63.0 cm³/mol. The van der Waals surface area contributed by atoms with Crippen molar-refractivity contribution < 1.29 is 13.2 Å². The summed E-state index contributed by atoms with van der Waals surface area (Å²) in [4.78, 5) is 11.3. The SMILES string of the molecule is C=CC(=O)Nc1ccccc1S(=O)(=O)CC. The van der Waals surface area contributed by atoms with Gasteiger partial charge in [-0.05, 0) is 18.2 Å². The molecule has 0 saturated carbocycles. The molecule has 0 spiro atoms. The average molecular weight is 239 g/mol. The standard InChI is InChI=1S/C11H13NO3S/c1-3-11(13)12-9-7-5-6-8-10(9)16(14,15)4-2/h3,5-8H,1,4H2,2H3,(H,12,13). The molecule has 0 fully saturated rings. The fourth-order valence-electron chi connectivity index (χ4n) is 1.18. The van der Waals surface area contributed by atoms with Gasteiger partial charge in [-0.1, -0.05) is 25.6 Å². The van der Waals surface area contributed by atoms with Crippen molar-refractivity contribution in [2.24, 2.45) is 0 Å². The van der Waals surface area contributed by atoms with Gasteiger partial charge in [0, 0.05) is 0 Å². The summed E-state index contributed by atoms with van der Waals surface area (Å²) in [5.41, 5.74) is 0.286. The highest BCUT2D eigenvalue weighted by Gasteiger charge is 2.16. The van der Waals surface area contributed by atoms with E-state index in [1.165, 1.54) is 6.07 Å². The molecule has 1 N–H and O–H groups in total. The Morgan fingerprint density at radius 1 is 1.44 bits per heavy atom. The van der Waals surface area contributed by atoms with Gasteiger partial charge in [-0.2, -0.15) is 0 Å². The van der Waals surface area contributed by atoms with Crippen molar-refractivity contribution in [3.05, 3.63) is 36.9 Å². The second-order valence-corrected chi connectivity index (χ2v) is 5.34. The molecule has 16 heavy (non-hydrogen) atoms. The summed E-state index contributed by atoms with van der Waals surface area (Å²) in [5.74, 6) is -0.438. The van der Waals surface area contributed by atoms with Crippen molar-refractivity contribution in [2.75, 3.05) is 11.1 Å². The molecule has 0 aromatic heterocycles. The number of sulfone groups is 1. The van der Waals surface area contributed by atoms with E-state index in [1.54, 1.807) is 25.1 Å². The van der Waals surface area contributed by atoms with Crippen LogP contribution in [0.4, 0.5) is 5.69 Å². The van der Waals surface area contributed by atoms with Gasteiger partial charge >= 0.3 is 0 Å². The Kier molecular flexibility index (Phi) is 3.84. The summed E-state index contributed by atoms with van der Waals surface area (Å²) in [6.07, 6.45) is 1.09. The second-order valence-electron chi connectivity index (χ2n) is 3.09. The first-order valence-electron chi connectivity index (χ1n) is 4.76. The normalized spacial score (nSPS) is 10.8. The minimum absolute atomic E-state index is 0.00598. The number of carbonyl (C=O) groups is 1. The fourth-order valence-corrected chi connectivity index (χ4v) is 2.23. The predicted octanol–water partition coefficient (Wildman–Crippen LogP) is 1.60. The third-order valence-corrected chi connectivity index (χ3v) is 3.83. The maximum Gasteiger partial charge on any atom is 0.247 e. The van der Waals surface area contributed by atoms with Crippen LogP contribution in [0.1, 0.15) is 6.92 Å². The molecule has 0 bridgehead atoms. The molecule has 0 heterocycles. The van der Waals surface area contributed by atoms with E-state index in [0.29, 0.717) is 0 Å². The van der Waals surface area contributed by atoms with Crippen LogP contribution in [0.15, 0.2) is 41.8 Å². The summed E-state index contributed by atoms with van der Waals surface area (Å²) >= 11 is 0. The minimum atomic E-state index is -3.33. The molecule has 1 aromatic rings. The van der Waals surface area contributed by atoms with Crippen LogP contribution in [-0.4, -0.2) is 20.1 Å². The van der Waals surface area contributed by atoms with E-state index in [9.17, 15) is 13.2 Å². The third-order valence-electron chi connectivity index (χ3n) is 2.05. The van der Waals surface area contributed by atoms with Crippen molar-refractivity contribution in [3.63, 3.8) is 0 Å². The molecule has 5 heteroatoms. The fraction of sp³-hybridized carbons (Fsp3) is 0.182. The molecule has 1 rings (SSSR count). The number of amides is 1. The number of hydrogen-bond acceptors (Lipinski definition) is 3. The molecule has 0 atom stereocenters. The molecule has 0 aliphatic carbocycles. The Labute approximate surface area is 94.9 Å². The number of para-hydroxylation sites is 1. The first-order valence-corrected chi connectivity index (χ1v) is 6.41. The summed E-state index contributed by atoms with van der Waals surface area (Å²) in [7, 11) is -3.33. The van der Waals surface area contributed by atoms with Gasteiger partial charge in [0.25, 0.3) is 0 Å². The molecule has 0 radical (unpaired) electrons. The maximum absolute atomic E-state index is 11.7. The lowest BCUT2D eigenvalue weighted by Crippen LogP contribution is -2.12. The zero-order valence-corrected chi connectivity index (χ0v) is 9.75. The lowest BCUT2D eigenvalue weighted by atomic mass is 10.3. The number of hydrogen-bond donors (Lipinski definition) is 1. The highest BCUT2D eigenvalue weighted by molar-refractivity contribution is 7.91. The lowest BCUT2D eigenvalue weighted by Gasteiger charge is -2.08. The van der Waals surface area contributed by atoms with E-state index < -0.39 is 15.7 Å². The molecule has 0 unspecified atom stereocenters. The van der Waals surface area contributed by atoms with Gasteiger partial charge in [0.05, 0.1) is 16.3 Å². The van der Waals surface area contributed by atoms with E-state index in [0.717, 1.165) is 6.08 Å². The molecule has 0 aliphatic heterocycles. The van der Waals surface area contributed by atoms with Crippen molar-refractivity contribution in [1.29, 1.82) is 0 Å². The topological polar surface area (TPSA) is 63.2 Å². The van der Waals surface area contributed by atoms with Crippen LogP contribution in [-0.2, 0) is 14.6 Å². The molecule has 0 saturated heterocycles. The van der Waals surface area contributed by atoms with Crippen LogP contribution in [0, 0.1) is 0 Å². The molecule has 4 nitrogen and oxygen atoms in total. The highest BCUT2D eigenvalue weighted by atomic mass is 32.2. The Balaban J connectivity index is 3.21. The summed E-state index contributed by atoms with van der Waals surface area (Å²) in [5, 5.41) is 2.46. The van der Waals surface area contributed by atoms with E-state index in [1.807, 2.05) is 0 Å². The number of nitrogens with one attached hydrogen (secondary N) is 1. The lowest BCUT2D eigenvalue weighted by molar-refractivity contribution is -0.111. The van der Waals surface area contributed by atoms with E-state index in [4.69, 9.17) is 0 Å². The maximum atomic E-state index is 11.7. The Morgan fingerprint density at radius 2 is 2.06 bits per heavy atom. The molecular formula is C11H13NO3S. The smallest absolute Gasteiger partial charge is 0.247 e. The van der Waals surface area contributed by atoms with Gasteiger partial charge in [-0.25, -0.2) is 8.42 Å². The molecule has 1 aromatic carbocycles. The molecule has 1 amide bonds. The first kappa shape index (κ1) is 12.4. The summed E-state index contributed by atoms with van der Waals surface area (Å²) in [6, 6.07) is 6.29. The first-order chi connectivity index (χ1) is 7.51. The summed E-state index contributed by atoms with van der Waals surface area (Å²) in [6.45, 7) is 4.86. The number of carbonyl (C=O) groups excluding carboxylic acids is 1. The van der Waals surface area contributed by atoms with Crippen LogP contribution < -0.4 is 5.32 Å². The van der Waals surface area contributed by atoms with Crippen LogP contribution in [0.2, 0.25) is 0 Å². The number of anilines is 1. The monoisotopic (exact) mass is 239 g/mol. The second kappa shape index (κ2) is 4.94. The number of benzene rings is 1. The quantitative estimate of drug-likeness (QED) is 0.812. The molecule has 86 valence electrons. The van der Waals surface area contributed by atoms with Crippen LogP contribution in [0.5, 0.6) is 0 Å². The van der Waals surface area contributed by atoms with Crippen LogP contribution in [0.3, 0.4) is 0 Å². The third kappa shape index (κ3) is 2.70. The average Bonchev–Trinajstić information content (AvgIpc) is 2.29. The van der Waals surface area contributed by atoms with Crippen molar-refractivity contribution in [1.82, 2.24) is 0 Å². The Morgan fingerprint density at radius 3 is 2.62 bits per heavy atom. The minimum Gasteiger partial charge on any atom is -0.321 e.